The summed E-state index contributed by atoms with van der Waals surface area (Å²) < 4.78 is 28.4. The average Bonchev–Trinajstić information content (AvgIpc) is 3.31. The number of anilines is 1. The van der Waals surface area contributed by atoms with Crippen LogP contribution in [0.3, 0.4) is 0 Å². The molecule has 0 aliphatic carbocycles. The van der Waals surface area contributed by atoms with Crippen LogP contribution in [0.1, 0.15) is 24.8 Å². The molecule has 1 aromatic heterocycles. The predicted molar refractivity (Wildman–Crippen MR) is 125 cm³/mol. The molecule has 1 aliphatic rings. The lowest BCUT2D eigenvalue weighted by molar-refractivity contribution is 0.201. The van der Waals surface area contributed by atoms with Crippen LogP contribution in [0.25, 0.3) is 11.3 Å². The Morgan fingerprint density at radius 3 is 2.47 bits per heavy atom. The maximum atomic E-state index is 13.6. The first-order valence-electron chi connectivity index (χ1n) is 11.3. The number of amides is 1. The number of halogens is 2. The van der Waals surface area contributed by atoms with Crippen molar-refractivity contribution in [2.24, 2.45) is 0 Å². The zero-order valence-corrected chi connectivity index (χ0v) is 18.7. The third-order valence-corrected chi connectivity index (χ3v) is 5.87. The van der Waals surface area contributed by atoms with Crippen molar-refractivity contribution in [2.45, 2.75) is 25.8 Å². The standard InChI is InChI=1S/C25H26F2N4O3/c26-20-14-19(15-21(27)16-20)23-7-8-24(32)31(28-23)17-18-5-3-6-22(13-18)30(25(33)34)12-4-11-29-9-1-2-10-29/h3,5-8,13-16H,1-2,4,9-12,17H2,(H,33,34). The fraction of sp³-hybridized carbons (Fsp3) is 0.320. The Morgan fingerprint density at radius 2 is 1.76 bits per heavy atom. The van der Waals surface area contributed by atoms with Crippen LogP contribution in [0, 0.1) is 11.6 Å². The highest BCUT2D eigenvalue weighted by Gasteiger charge is 2.17. The van der Waals surface area contributed by atoms with Gasteiger partial charge in [-0.3, -0.25) is 9.69 Å². The van der Waals surface area contributed by atoms with Crippen molar-refractivity contribution in [1.82, 2.24) is 14.7 Å². The summed E-state index contributed by atoms with van der Waals surface area (Å²) in [6.07, 6.45) is 2.06. The largest absolute Gasteiger partial charge is 0.465 e. The number of likely N-dealkylation sites (tertiary alicyclic amines) is 1. The summed E-state index contributed by atoms with van der Waals surface area (Å²) in [7, 11) is 0. The summed E-state index contributed by atoms with van der Waals surface area (Å²) in [5.74, 6) is -1.47. The first kappa shape index (κ1) is 23.6. The molecule has 1 fully saturated rings. The van der Waals surface area contributed by atoms with E-state index in [1.807, 2.05) is 0 Å². The summed E-state index contributed by atoms with van der Waals surface area (Å²) in [6.45, 7) is 3.43. The predicted octanol–water partition coefficient (Wildman–Crippen LogP) is 4.21. The fourth-order valence-electron chi connectivity index (χ4n) is 4.21. The Kier molecular flexibility index (Phi) is 7.32. The molecule has 0 radical (unpaired) electrons. The van der Waals surface area contributed by atoms with Crippen molar-refractivity contribution in [1.29, 1.82) is 0 Å². The van der Waals surface area contributed by atoms with Gasteiger partial charge in [0.05, 0.1) is 12.2 Å². The van der Waals surface area contributed by atoms with E-state index in [0.717, 1.165) is 44.3 Å². The average molecular weight is 469 g/mol. The van der Waals surface area contributed by atoms with Crippen molar-refractivity contribution in [2.75, 3.05) is 31.1 Å². The van der Waals surface area contributed by atoms with Crippen molar-refractivity contribution < 1.29 is 18.7 Å². The summed E-state index contributed by atoms with van der Waals surface area (Å²) in [4.78, 5) is 27.9. The van der Waals surface area contributed by atoms with Crippen LogP contribution < -0.4 is 10.5 Å². The number of nitrogens with zero attached hydrogens (tertiary/aromatic N) is 4. The van der Waals surface area contributed by atoms with Crippen LogP contribution in [0.5, 0.6) is 0 Å². The number of rotatable bonds is 8. The second kappa shape index (κ2) is 10.6. The van der Waals surface area contributed by atoms with E-state index in [1.54, 1.807) is 24.3 Å². The normalized spacial score (nSPS) is 13.8. The zero-order valence-electron chi connectivity index (χ0n) is 18.7. The Morgan fingerprint density at radius 1 is 1.03 bits per heavy atom. The highest BCUT2D eigenvalue weighted by atomic mass is 19.1. The molecule has 7 nitrogen and oxygen atoms in total. The summed E-state index contributed by atoms with van der Waals surface area (Å²) >= 11 is 0. The molecule has 9 heteroatoms. The first-order chi connectivity index (χ1) is 16.4. The van der Waals surface area contributed by atoms with Crippen molar-refractivity contribution in [3.63, 3.8) is 0 Å². The van der Waals surface area contributed by atoms with Crippen LogP contribution in [0.15, 0.2) is 59.4 Å². The molecule has 3 aromatic rings. The second-order valence-corrected chi connectivity index (χ2v) is 8.38. The Labute approximate surface area is 195 Å². The Bertz CT molecular complexity index is 1200. The van der Waals surface area contributed by atoms with E-state index >= 15 is 0 Å². The van der Waals surface area contributed by atoms with Crippen LogP contribution in [-0.4, -0.2) is 52.1 Å². The molecule has 4 rings (SSSR count). The molecule has 0 spiro atoms. The molecule has 1 amide bonds. The smallest absolute Gasteiger partial charge is 0.411 e. The molecule has 178 valence electrons. The van der Waals surface area contributed by atoms with Gasteiger partial charge in [-0.1, -0.05) is 12.1 Å². The molecule has 1 N–H and O–H groups in total. The van der Waals surface area contributed by atoms with E-state index in [4.69, 9.17) is 0 Å². The zero-order chi connectivity index (χ0) is 24.1. The maximum absolute atomic E-state index is 13.6. The lowest BCUT2D eigenvalue weighted by Crippen LogP contribution is -2.33. The van der Waals surface area contributed by atoms with Gasteiger partial charge in [0.2, 0.25) is 0 Å². The van der Waals surface area contributed by atoms with Crippen LogP contribution in [-0.2, 0) is 6.54 Å². The van der Waals surface area contributed by atoms with Gasteiger partial charge in [0.15, 0.2) is 0 Å². The summed E-state index contributed by atoms with van der Waals surface area (Å²) in [5, 5.41) is 14.0. The lowest BCUT2D eigenvalue weighted by Gasteiger charge is -2.22. The van der Waals surface area contributed by atoms with Crippen LogP contribution in [0.4, 0.5) is 19.3 Å². The van der Waals surface area contributed by atoms with Gasteiger partial charge in [-0.25, -0.2) is 18.3 Å². The van der Waals surface area contributed by atoms with E-state index in [2.05, 4.69) is 10.00 Å². The van der Waals surface area contributed by atoms with Gasteiger partial charge < -0.3 is 10.0 Å². The van der Waals surface area contributed by atoms with Gasteiger partial charge in [-0.15, -0.1) is 0 Å². The molecular formula is C25H26F2N4O3. The van der Waals surface area contributed by atoms with Gasteiger partial charge in [0.25, 0.3) is 5.56 Å². The minimum Gasteiger partial charge on any atom is -0.465 e. The van der Waals surface area contributed by atoms with Crippen molar-refractivity contribution in [3.8, 4) is 11.3 Å². The Balaban J connectivity index is 1.52. The number of carbonyl (C=O) groups is 1. The summed E-state index contributed by atoms with van der Waals surface area (Å²) in [6, 6.07) is 12.7. The molecule has 34 heavy (non-hydrogen) atoms. The number of hydrogen-bond donors (Lipinski definition) is 1. The van der Waals surface area contributed by atoms with E-state index in [0.29, 0.717) is 17.8 Å². The quantitative estimate of drug-likeness (QED) is 0.536. The number of aromatic nitrogens is 2. The molecule has 0 bridgehead atoms. The first-order valence-corrected chi connectivity index (χ1v) is 11.3. The van der Waals surface area contributed by atoms with Gasteiger partial charge in [-0.2, -0.15) is 5.10 Å². The molecular weight excluding hydrogens is 442 g/mol. The van der Waals surface area contributed by atoms with Gasteiger partial charge in [-0.05, 0) is 74.8 Å². The number of carboxylic acid groups (broad SMARTS) is 1. The molecule has 0 saturated carbocycles. The SMILES string of the molecule is O=C(O)N(CCCN1CCCC1)c1cccc(Cn2nc(-c3cc(F)cc(F)c3)ccc2=O)c1. The van der Waals surface area contributed by atoms with E-state index in [9.17, 15) is 23.5 Å². The molecule has 2 aromatic carbocycles. The number of benzene rings is 2. The lowest BCUT2D eigenvalue weighted by atomic mass is 10.1. The third-order valence-electron chi connectivity index (χ3n) is 5.87. The van der Waals surface area contributed by atoms with Crippen LogP contribution in [0.2, 0.25) is 0 Å². The minimum atomic E-state index is -1.04. The Hall–Kier alpha value is -3.59. The molecule has 0 atom stereocenters. The van der Waals surface area contributed by atoms with Gasteiger partial charge >= 0.3 is 6.09 Å². The molecule has 1 aliphatic heterocycles. The summed E-state index contributed by atoms with van der Waals surface area (Å²) in [5.41, 5.74) is 1.29. The maximum Gasteiger partial charge on any atom is 0.411 e. The monoisotopic (exact) mass is 468 g/mol. The van der Waals surface area contributed by atoms with E-state index < -0.39 is 17.7 Å². The van der Waals surface area contributed by atoms with E-state index in [-0.39, 0.29) is 23.4 Å². The topological polar surface area (TPSA) is 78.7 Å². The molecule has 0 unspecified atom stereocenters. The van der Waals surface area contributed by atoms with Gasteiger partial charge in [0, 0.05) is 29.9 Å². The van der Waals surface area contributed by atoms with Crippen molar-refractivity contribution >= 4 is 11.8 Å². The highest BCUT2D eigenvalue weighted by molar-refractivity contribution is 5.86. The second-order valence-electron chi connectivity index (χ2n) is 8.38. The number of hydrogen-bond acceptors (Lipinski definition) is 4. The molecule has 2 heterocycles. The van der Waals surface area contributed by atoms with Gasteiger partial charge in [0.1, 0.15) is 11.6 Å². The highest BCUT2D eigenvalue weighted by Crippen LogP contribution is 2.20. The fourth-order valence-corrected chi connectivity index (χ4v) is 4.21. The van der Waals surface area contributed by atoms with E-state index in [1.165, 1.54) is 34.6 Å². The van der Waals surface area contributed by atoms with Crippen molar-refractivity contribution in [3.05, 3.63) is 82.1 Å². The molecule has 1 saturated heterocycles. The van der Waals surface area contributed by atoms with Crippen LogP contribution >= 0.6 is 0 Å². The minimum absolute atomic E-state index is 0.0829. The third kappa shape index (κ3) is 5.85.